The maximum Gasteiger partial charge on any atom is 0.273 e. The van der Waals surface area contributed by atoms with Gasteiger partial charge in [-0.3, -0.25) is 9.59 Å². The molecule has 4 aliphatic carbocycles. The predicted octanol–water partition coefficient (Wildman–Crippen LogP) is 3.77. The van der Waals surface area contributed by atoms with Gasteiger partial charge in [0.15, 0.2) is 5.69 Å². The van der Waals surface area contributed by atoms with Crippen LogP contribution in [0.4, 0.5) is 0 Å². The highest BCUT2D eigenvalue weighted by Gasteiger charge is 2.55. The molecule has 0 unspecified atom stereocenters. The molecule has 1 aromatic rings. The fourth-order valence-corrected chi connectivity index (χ4v) is 6.21. The van der Waals surface area contributed by atoms with Crippen LogP contribution in [0.1, 0.15) is 81.6 Å². The number of nitrogens with zero attached hydrogens (tertiary/aromatic N) is 2. The highest BCUT2D eigenvalue weighted by Crippen LogP contribution is 2.60. The molecule has 6 nitrogen and oxygen atoms in total. The normalized spacial score (nSPS) is 30.4. The largest absolute Gasteiger partial charge is 0.446 e. The third-order valence-electron chi connectivity index (χ3n) is 6.92. The van der Waals surface area contributed by atoms with E-state index in [9.17, 15) is 9.59 Å². The van der Waals surface area contributed by atoms with Crippen LogP contribution in [0.15, 0.2) is 10.7 Å². The Morgan fingerprint density at radius 1 is 1.14 bits per heavy atom. The van der Waals surface area contributed by atoms with Crippen LogP contribution in [0.5, 0.6) is 0 Å². The van der Waals surface area contributed by atoms with Crippen molar-refractivity contribution in [2.45, 2.75) is 71.8 Å². The first kappa shape index (κ1) is 19.5. The van der Waals surface area contributed by atoms with Crippen LogP contribution >= 0.6 is 0 Å². The Labute approximate surface area is 167 Å². The van der Waals surface area contributed by atoms with Crippen LogP contribution < -0.4 is 5.32 Å². The molecule has 154 valence electrons. The summed E-state index contributed by atoms with van der Waals surface area (Å²) in [5, 5.41) is 2.81. The summed E-state index contributed by atoms with van der Waals surface area (Å²) in [7, 11) is 0. The number of hydrogen-bond acceptors (Lipinski definition) is 4. The number of amides is 2. The Hall–Kier alpha value is -1.85. The average molecular weight is 388 g/mol. The van der Waals surface area contributed by atoms with Crippen LogP contribution in [0.3, 0.4) is 0 Å². The molecule has 0 aliphatic heterocycles. The quantitative estimate of drug-likeness (QED) is 0.737. The molecule has 5 rings (SSSR count). The van der Waals surface area contributed by atoms with Gasteiger partial charge in [0.05, 0.1) is 12.0 Å². The molecule has 4 saturated carbocycles. The van der Waals surface area contributed by atoms with E-state index in [-0.39, 0.29) is 11.3 Å². The van der Waals surface area contributed by atoms with E-state index in [0.29, 0.717) is 37.1 Å². The number of oxazole rings is 1. The van der Waals surface area contributed by atoms with E-state index in [2.05, 4.69) is 17.2 Å². The van der Waals surface area contributed by atoms with Gasteiger partial charge in [-0.2, -0.15) is 0 Å². The first-order valence-electron chi connectivity index (χ1n) is 11.0. The van der Waals surface area contributed by atoms with Gasteiger partial charge in [-0.25, -0.2) is 4.98 Å². The molecular weight excluding hydrogens is 354 g/mol. The van der Waals surface area contributed by atoms with Crippen molar-refractivity contribution in [3.05, 3.63) is 17.8 Å². The SMILES string of the molecule is CCCNC(=O)c1coc(CN(CCC)C(=O)C23CC4CC(CC(C4)C2)C3)n1. The number of rotatable bonds is 8. The molecule has 0 aromatic carbocycles. The fourth-order valence-electron chi connectivity index (χ4n) is 6.21. The highest BCUT2D eigenvalue weighted by molar-refractivity contribution is 5.91. The maximum absolute atomic E-state index is 13.7. The van der Waals surface area contributed by atoms with Gasteiger partial charge in [-0.1, -0.05) is 13.8 Å². The standard InChI is InChI=1S/C22H33N3O3/c1-3-5-23-20(26)18-14-28-19(24-18)13-25(6-4-2)21(27)22-10-15-7-16(11-22)9-17(8-15)12-22/h14-17H,3-13H2,1-2H3,(H,23,26). The summed E-state index contributed by atoms with van der Waals surface area (Å²) in [6.07, 6.45) is 10.4. The summed E-state index contributed by atoms with van der Waals surface area (Å²) >= 11 is 0. The summed E-state index contributed by atoms with van der Waals surface area (Å²) in [4.78, 5) is 32.0. The molecule has 28 heavy (non-hydrogen) atoms. The lowest BCUT2D eigenvalue weighted by Crippen LogP contribution is -2.54. The summed E-state index contributed by atoms with van der Waals surface area (Å²) < 4.78 is 5.55. The molecule has 1 heterocycles. The van der Waals surface area contributed by atoms with Crippen molar-refractivity contribution in [2.24, 2.45) is 23.2 Å². The Kier molecular flexibility index (Phi) is 5.48. The molecule has 1 aromatic heterocycles. The Morgan fingerprint density at radius 2 is 1.79 bits per heavy atom. The van der Waals surface area contributed by atoms with Crippen molar-refractivity contribution >= 4 is 11.8 Å². The molecule has 0 radical (unpaired) electrons. The molecule has 0 atom stereocenters. The smallest absolute Gasteiger partial charge is 0.273 e. The molecule has 1 N–H and O–H groups in total. The lowest BCUT2D eigenvalue weighted by atomic mass is 9.49. The second-order valence-electron chi connectivity index (χ2n) is 9.31. The molecular formula is C22H33N3O3. The summed E-state index contributed by atoms with van der Waals surface area (Å²) in [6, 6.07) is 0. The zero-order valence-electron chi connectivity index (χ0n) is 17.2. The topological polar surface area (TPSA) is 75.4 Å². The van der Waals surface area contributed by atoms with E-state index in [1.54, 1.807) is 0 Å². The highest BCUT2D eigenvalue weighted by atomic mass is 16.3. The van der Waals surface area contributed by atoms with E-state index in [1.165, 1.54) is 25.5 Å². The first-order chi connectivity index (χ1) is 13.5. The van der Waals surface area contributed by atoms with Crippen LogP contribution in [-0.2, 0) is 11.3 Å². The van der Waals surface area contributed by atoms with Gasteiger partial charge < -0.3 is 14.6 Å². The van der Waals surface area contributed by atoms with E-state index >= 15 is 0 Å². The third kappa shape index (κ3) is 3.70. The van der Waals surface area contributed by atoms with Crippen LogP contribution in [0, 0.1) is 23.2 Å². The minimum Gasteiger partial charge on any atom is -0.446 e. The molecule has 4 fully saturated rings. The van der Waals surface area contributed by atoms with E-state index in [1.807, 2.05) is 11.8 Å². The summed E-state index contributed by atoms with van der Waals surface area (Å²) in [6.45, 7) is 5.79. The molecule has 4 aliphatic rings. The average Bonchev–Trinajstić information content (AvgIpc) is 3.13. The van der Waals surface area contributed by atoms with Crippen molar-refractivity contribution < 1.29 is 14.0 Å². The lowest BCUT2D eigenvalue weighted by molar-refractivity contribution is -0.158. The second-order valence-corrected chi connectivity index (χ2v) is 9.31. The summed E-state index contributed by atoms with van der Waals surface area (Å²) in [5.74, 6) is 2.76. The van der Waals surface area contributed by atoms with Crippen molar-refractivity contribution in [1.82, 2.24) is 15.2 Å². The number of hydrogen-bond donors (Lipinski definition) is 1. The van der Waals surface area contributed by atoms with Gasteiger partial charge in [0, 0.05) is 13.1 Å². The first-order valence-corrected chi connectivity index (χ1v) is 11.0. The van der Waals surface area contributed by atoms with Gasteiger partial charge in [-0.15, -0.1) is 0 Å². The molecule has 2 amide bonds. The van der Waals surface area contributed by atoms with Crippen LogP contribution in [0.25, 0.3) is 0 Å². The minimum atomic E-state index is -0.216. The third-order valence-corrected chi connectivity index (χ3v) is 6.92. The zero-order valence-corrected chi connectivity index (χ0v) is 17.2. The molecule has 0 saturated heterocycles. The van der Waals surface area contributed by atoms with E-state index in [4.69, 9.17) is 4.42 Å². The Bertz CT molecular complexity index is 691. The number of carbonyl (C=O) groups excluding carboxylic acids is 2. The van der Waals surface area contributed by atoms with Gasteiger partial charge >= 0.3 is 0 Å². The predicted molar refractivity (Wildman–Crippen MR) is 105 cm³/mol. The number of carbonyl (C=O) groups is 2. The van der Waals surface area contributed by atoms with Crippen molar-refractivity contribution in [3.8, 4) is 0 Å². The van der Waals surface area contributed by atoms with Crippen molar-refractivity contribution in [2.75, 3.05) is 13.1 Å². The number of nitrogens with one attached hydrogen (secondary N) is 1. The monoisotopic (exact) mass is 387 g/mol. The maximum atomic E-state index is 13.7. The van der Waals surface area contributed by atoms with E-state index < -0.39 is 0 Å². The minimum absolute atomic E-state index is 0.155. The van der Waals surface area contributed by atoms with Gasteiger partial charge in [0.25, 0.3) is 5.91 Å². The molecule has 6 heteroatoms. The van der Waals surface area contributed by atoms with Crippen LogP contribution in [-0.4, -0.2) is 34.8 Å². The zero-order chi connectivity index (χ0) is 19.7. The lowest BCUT2D eigenvalue weighted by Gasteiger charge is -2.56. The van der Waals surface area contributed by atoms with Gasteiger partial charge in [0.2, 0.25) is 11.8 Å². The Morgan fingerprint density at radius 3 is 2.36 bits per heavy atom. The Balaban J connectivity index is 1.46. The summed E-state index contributed by atoms with van der Waals surface area (Å²) in [5.41, 5.74) is 0.139. The van der Waals surface area contributed by atoms with Gasteiger partial charge in [-0.05, 0) is 69.1 Å². The second kappa shape index (κ2) is 7.88. The number of aromatic nitrogens is 1. The fraction of sp³-hybridized carbons (Fsp3) is 0.773. The molecule has 4 bridgehead atoms. The van der Waals surface area contributed by atoms with Gasteiger partial charge in [0.1, 0.15) is 6.26 Å². The molecule has 0 spiro atoms. The van der Waals surface area contributed by atoms with Crippen LogP contribution in [0.2, 0.25) is 0 Å². The van der Waals surface area contributed by atoms with Crippen molar-refractivity contribution in [3.63, 3.8) is 0 Å². The van der Waals surface area contributed by atoms with E-state index in [0.717, 1.165) is 49.9 Å². The van der Waals surface area contributed by atoms with Crippen molar-refractivity contribution in [1.29, 1.82) is 0 Å².